The molecule has 0 heterocycles. The Morgan fingerprint density at radius 2 is 2.00 bits per heavy atom. The first-order valence-corrected chi connectivity index (χ1v) is 8.84. The quantitative estimate of drug-likeness (QED) is 0.335. The Morgan fingerprint density at radius 1 is 1.19 bits per heavy atom. The van der Waals surface area contributed by atoms with Crippen LogP contribution in [0.3, 0.4) is 0 Å². The third kappa shape index (κ3) is 8.33. The van der Waals surface area contributed by atoms with Gasteiger partial charge in [-0.2, -0.15) is 8.78 Å². The summed E-state index contributed by atoms with van der Waals surface area (Å²) in [6, 6.07) is 5.04. The normalized spacial score (nSPS) is 11.5. The average molecular weight is 373 g/mol. The van der Waals surface area contributed by atoms with Crippen LogP contribution in [0.25, 0.3) is 0 Å². The van der Waals surface area contributed by atoms with Crippen LogP contribution in [0.5, 0.6) is 11.5 Å². The molecule has 0 saturated heterocycles. The zero-order valence-corrected chi connectivity index (χ0v) is 15.7. The van der Waals surface area contributed by atoms with E-state index in [9.17, 15) is 8.78 Å². The number of halogens is 2. The van der Waals surface area contributed by atoms with Crippen molar-refractivity contribution in [1.29, 1.82) is 0 Å². The van der Waals surface area contributed by atoms with Gasteiger partial charge < -0.3 is 24.8 Å². The van der Waals surface area contributed by atoms with Gasteiger partial charge in [-0.3, -0.25) is 4.99 Å². The molecule has 2 N–H and O–H groups in total. The molecule has 0 aliphatic heterocycles. The second-order valence-electron chi connectivity index (χ2n) is 5.37. The minimum absolute atomic E-state index is 0.0372. The smallest absolute Gasteiger partial charge is 0.387 e. The van der Waals surface area contributed by atoms with E-state index in [0.717, 1.165) is 19.4 Å². The largest absolute Gasteiger partial charge is 0.490 e. The molecule has 0 aliphatic rings. The Bertz CT molecular complexity index is 542. The van der Waals surface area contributed by atoms with Crippen molar-refractivity contribution in [2.75, 3.05) is 33.4 Å². The van der Waals surface area contributed by atoms with Gasteiger partial charge in [0.05, 0.1) is 13.2 Å². The van der Waals surface area contributed by atoms with E-state index in [1.165, 1.54) is 0 Å². The molecule has 1 aromatic carbocycles. The van der Waals surface area contributed by atoms with Gasteiger partial charge in [0.2, 0.25) is 0 Å². The van der Waals surface area contributed by atoms with Gasteiger partial charge >= 0.3 is 6.61 Å². The third-order valence-corrected chi connectivity index (χ3v) is 3.42. The van der Waals surface area contributed by atoms with E-state index in [0.29, 0.717) is 37.0 Å². The number of nitrogens with one attached hydrogen (secondary N) is 2. The molecular formula is C18H29F2N3O3. The first kappa shape index (κ1) is 22.0. The van der Waals surface area contributed by atoms with Crippen molar-refractivity contribution < 1.29 is 23.0 Å². The number of para-hydroxylation sites is 1. The van der Waals surface area contributed by atoms with E-state index in [4.69, 9.17) is 9.47 Å². The summed E-state index contributed by atoms with van der Waals surface area (Å²) in [6.07, 6.45) is 2.14. The maximum absolute atomic E-state index is 12.7. The van der Waals surface area contributed by atoms with Crippen LogP contribution >= 0.6 is 0 Å². The summed E-state index contributed by atoms with van der Waals surface area (Å²) >= 11 is 0. The maximum atomic E-state index is 12.7. The first-order chi connectivity index (χ1) is 12.6. The second-order valence-corrected chi connectivity index (χ2v) is 5.37. The Hall–Kier alpha value is -2.09. The number of aliphatic imine (C=N–C) groups is 1. The lowest BCUT2D eigenvalue weighted by Crippen LogP contribution is -2.38. The predicted molar refractivity (Wildman–Crippen MR) is 98.2 cm³/mol. The number of benzene rings is 1. The molecule has 0 atom stereocenters. The molecular weight excluding hydrogens is 344 g/mol. The summed E-state index contributed by atoms with van der Waals surface area (Å²) in [5.74, 6) is 0.878. The van der Waals surface area contributed by atoms with E-state index in [1.807, 2.05) is 0 Å². The van der Waals surface area contributed by atoms with Crippen LogP contribution in [-0.4, -0.2) is 46.0 Å². The zero-order valence-electron chi connectivity index (χ0n) is 15.7. The first-order valence-electron chi connectivity index (χ1n) is 8.84. The average Bonchev–Trinajstić information content (AvgIpc) is 2.62. The van der Waals surface area contributed by atoms with Crippen molar-refractivity contribution in [3.8, 4) is 11.5 Å². The highest BCUT2D eigenvalue weighted by Gasteiger charge is 2.15. The Labute approximate surface area is 153 Å². The molecule has 0 amide bonds. The zero-order chi connectivity index (χ0) is 19.2. The molecule has 0 bridgehead atoms. The Kier molecular flexibility index (Phi) is 11.1. The molecule has 1 aromatic rings. The van der Waals surface area contributed by atoms with Gasteiger partial charge in [-0.25, -0.2) is 0 Å². The van der Waals surface area contributed by atoms with Crippen LogP contribution in [0.1, 0.15) is 32.3 Å². The van der Waals surface area contributed by atoms with Crippen LogP contribution in [0.4, 0.5) is 8.78 Å². The maximum Gasteiger partial charge on any atom is 0.387 e. The van der Waals surface area contributed by atoms with Crippen LogP contribution < -0.4 is 20.1 Å². The Balaban J connectivity index is 2.59. The standard InChI is InChI=1S/C18H29F2N3O3/c1-4-6-11-24-12-10-22-18(21-3)23-13-14-8-7-9-15(25-5-2)16(14)26-17(19)20/h7-9,17H,4-6,10-13H2,1-3H3,(H2,21,22,23). The summed E-state index contributed by atoms with van der Waals surface area (Å²) in [5, 5.41) is 6.18. The van der Waals surface area contributed by atoms with Gasteiger partial charge in [0.15, 0.2) is 17.5 Å². The highest BCUT2D eigenvalue weighted by molar-refractivity contribution is 5.79. The highest BCUT2D eigenvalue weighted by atomic mass is 19.3. The number of nitrogens with zero attached hydrogens (tertiary/aromatic N) is 1. The van der Waals surface area contributed by atoms with Gasteiger partial charge in [-0.1, -0.05) is 25.5 Å². The molecule has 0 spiro atoms. The number of ether oxygens (including phenoxy) is 3. The number of alkyl halides is 2. The Morgan fingerprint density at radius 3 is 2.65 bits per heavy atom. The summed E-state index contributed by atoms with van der Waals surface area (Å²) in [6.45, 7) is 3.50. The molecule has 0 aromatic heterocycles. The van der Waals surface area contributed by atoms with Gasteiger partial charge in [-0.15, -0.1) is 0 Å². The topological polar surface area (TPSA) is 64.1 Å². The van der Waals surface area contributed by atoms with Crippen molar-refractivity contribution in [2.45, 2.75) is 39.8 Å². The molecule has 6 nitrogen and oxygen atoms in total. The minimum atomic E-state index is -2.92. The van der Waals surface area contributed by atoms with E-state index < -0.39 is 6.61 Å². The number of hydrogen-bond donors (Lipinski definition) is 2. The van der Waals surface area contributed by atoms with Crippen molar-refractivity contribution >= 4 is 5.96 Å². The second kappa shape index (κ2) is 13.2. The van der Waals surface area contributed by atoms with Gasteiger partial charge in [0.1, 0.15) is 0 Å². The number of guanidine groups is 1. The number of rotatable bonds is 12. The minimum Gasteiger partial charge on any atom is -0.490 e. The van der Waals surface area contributed by atoms with Crippen LogP contribution in [0.2, 0.25) is 0 Å². The van der Waals surface area contributed by atoms with Crippen molar-refractivity contribution in [2.24, 2.45) is 4.99 Å². The van der Waals surface area contributed by atoms with E-state index in [2.05, 4.69) is 27.3 Å². The molecule has 0 saturated carbocycles. The summed E-state index contributed by atoms with van der Waals surface area (Å²) in [4.78, 5) is 4.11. The fraction of sp³-hybridized carbons (Fsp3) is 0.611. The van der Waals surface area contributed by atoms with Crippen LogP contribution in [0, 0.1) is 0 Å². The van der Waals surface area contributed by atoms with Crippen LogP contribution in [-0.2, 0) is 11.3 Å². The van der Waals surface area contributed by atoms with Crippen molar-refractivity contribution in [3.05, 3.63) is 23.8 Å². The molecule has 26 heavy (non-hydrogen) atoms. The fourth-order valence-corrected chi connectivity index (χ4v) is 2.18. The molecule has 0 radical (unpaired) electrons. The molecule has 148 valence electrons. The fourth-order valence-electron chi connectivity index (χ4n) is 2.18. The van der Waals surface area contributed by atoms with E-state index >= 15 is 0 Å². The van der Waals surface area contributed by atoms with E-state index in [1.54, 1.807) is 32.2 Å². The van der Waals surface area contributed by atoms with Crippen molar-refractivity contribution in [1.82, 2.24) is 10.6 Å². The third-order valence-electron chi connectivity index (χ3n) is 3.42. The van der Waals surface area contributed by atoms with Gasteiger partial charge in [0, 0.05) is 32.3 Å². The van der Waals surface area contributed by atoms with Crippen LogP contribution in [0.15, 0.2) is 23.2 Å². The van der Waals surface area contributed by atoms with Crippen molar-refractivity contribution in [3.63, 3.8) is 0 Å². The lowest BCUT2D eigenvalue weighted by molar-refractivity contribution is -0.0520. The molecule has 1 rings (SSSR count). The monoisotopic (exact) mass is 373 g/mol. The lowest BCUT2D eigenvalue weighted by atomic mass is 10.2. The highest BCUT2D eigenvalue weighted by Crippen LogP contribution is 2.32. The molecule has 0 unspecified atom stereocenters. The summed E-state index contributed by atoms with van der Waals surface area (Å²) in [7, 11) is 1.64. The molecule has 0 aliphatic carbocycles. The number of unbranched alkanes of at least 4 members (excludes halogenated alkanes) is 1. The number of hydrogen-bond acceptors (Lipinski definition) is 4. The predicted octanol–water partition coefficient (Wildman–Crippen LogP) is 3.17. The SMILES string of the molecule is CCCCOCCNC(=NC)NCc1cccc(OCC)c1OC(F)F. The van der Waals surface area contributed by atoms with Gasteiger partial charge in [0.25, 0.3) is 0 Å². The summed E-state index contributed by atoms with van der Waals surface area (Å²) < 4.78 is 41.0. The summed E-state index contributed by atoms with van der Waals surface area (Å²) in [5.41, 5.74) is 0.554. The van der Waals surface area contributed by atoms with E-state index in [-0.39, 0.29) is 12.3 Å². The lowest BCUT2D eigenvalue weighted by Gasteiger charge is -2.17. The molecule has 8 heteroatoms. The van der Waals surface area contributed by atoms with Gasteiger partial charge in [-0.05, 0) is 19.4 Å². The molecule has 0 fully saturated rings.